The van der Waals surface area contributed by atoms with Crippen LogP contribution in [-0.2, 0) is 0 Å². The van der Waals surface area contributed by atoms with Crippen LogP contribution in [0.2, 0.25) is 0 Å². The molecule has 0 radical (unpaired) electrons. The molecule has 0 fully saturated rings. The largest absolute Gasteiger partial charge is 0.508 e. The van der Waals surface area contributed by atoms with Crippen molar-refractivity contribution in [1.29, 1.82) is 0 Å². The molecular formula is C17H16N8O3. The van der Waals surface area contributed by atoms with Crippen molar-refractivity contribution < 1.29 is 15.0 Å². The highest BCUT2D eigenvalue weighted by atomic mass is 16.4. The molecule has 0 aliphatic heterocycles. The maximum atomic E-state index is 11.5. The lowest BCUT2D eigenvalue weighted by atomic mass is 10.1. The van der Waals surface area contributed by atoms with E-state index in [2.05, 4.69) is 30.8 Å². The summed E-state index contributed by atoms with van der Waals surface area (Å²) in [5.74, 6) is -0.464. The third-order valence-electron chi connectivity index (χ3n) is 4.01. The van der Waals surface area contributed by atoms with Crippen LogP contribution in [0.15, 0.2) is 36.8 Å². The van der Waals surface area contributed by atoms with E-state index in [4.69, 9.17) is 0 Å². The SMILES string of the molecule is CC(C)n1nnc(-c2cc(O)cc(Nc3ncnn4ccc(C(=O)O)c34)c2)n1. The Kier molecular flexibility index (Phi) is 4.11. The molecule has 1 aromatic carbocycles. The number of nitrogens with one attached hydrogen (secondary N) is 1. The van der Waals surface area contributed by atoms with E-state index in [-0.39, 0.29) is 23.2 Å². The van der Waals surface area contributed by atoms with Gasteiger partial charge >= 0.3 is 5.97 Å². The number of phenols is 1. The number of benzene rings is 1. The lowest BCUT2D eigenvalue weighted by Crippen LogP contribution is -2.04. The van der Waals surface area contributed by atoms with Gasteiger partial charge in [0, 0.05) is 23.5 Å². The minimum Gasteiger partial charge on any atom is -0.508 e. The molecule has 3 N–H and O–H groups in total. The smallest absolute Gasteiger partial charge is 0.338 e. The molecule has 3 aromatic heterocycles. The summed E-state index contributed by atoms with van der Waals surface area (Å²) in [6, 6.07) is 6.21. The number of carboxylic acids is 1. The highest BCUT2D eigenvalue weighted by Gasteiger charge is 2.16. The van der Waals surface area contributed by atoms with Gasteiger partial charge in [0.2, 0.25) is 5.82 Å². The van der Waals surface area contributed by atoms with E-state index >= 15 is 0 Å². The first-order valence-corrected chi connectivity index (χ1v) is 8.39. The number of hydrogen-bond donors (Lipinski definition) is 3. The molecule has 0 amide bonds. The summed E-state index contributed by atoms with van der Waals surface area (Å²) in [4.78, 5) is 17.1. The first kappa shape index (κ1) is 17.4. The van der Waals surface area contributed by atoms with Gasteiger partial charge in [0.05, 0.1) is 11.6 Å². The Morgan fingerprint density at radius 1 is 1.25 bits per heavy atom. The van der Waals surface area contributed by atoms with Crippen LogP contribution in [0.1, 0.15) is 30.2 Å². The van der Waals surface area contributed by atoms with E-state index in [0.29, 0.717) is 22.6 Å². The van der Waals surface area contributed by atoms with Crippen molar-refractivity contribution in [3.63, 3.8) is 0 Å². The van der Waals surface area contributed by atoms with Gasteiger partial charge in [0.25, 0.3) is 0 Å². The monoisotopic (exact) mass is 380 g/mol. The van der Waals surface area contributed by atoms with Crippen molar-refractivity contribution in [3.8, 4) is 17.1 Å². The van der Waals surface area contributed by atoms with Crippen LogP contribution < -0.4 is 5.32 Å². The van der Waals surface area contributed by atoms with Gasteiger partial charge in [-0.15, -0.1) is 10.2 Å². The number of phenolic OH excluding ortho intramolecular Hbond substituents is 1. The number of carboxylic acid groups (broad SMARTS) is 1. The van der Waals surface area contributed by atoms with Crippen molar-refractivity contribution in [3.05, 3.63) is 42.4 Å². The lowest BCUT2D eigenvalue weighted by Gasteiger charge is -2.09. The number of carbonyl (C=O) groups is 1. The normalized spacial score (nSPS) is 11.2. The number of nitrogens with zero attached hydrogens (tertiary/aromatic N) is 7. The van der Waals surface area contributed by atoms with Crippen LogP contribution in [-0.4, -0.2) is 51.0 Å². The van der Waals surface area contributed by atoms with Gasteiger partial charge in [0.1, 0.15) is 17.6 Å². The Hall–Kier alpha value is -4.02. The topological polar surface area (TPSA) is 143 Å². The number of aromatic hydroxyl groups is 1. The molecule has 0 atom stereocenters. The summed E-state index contributed by atoms with van der Waals surface area (Å²) in [5, 5.41) is 38.8. The van der Waals surface area contributed by atoms with Crippen LogP contribution in [0, 0.1) is 0 Å². The van der Waals surface area contributed by atoms with Crippen LogP contribution in [0.4, 0.5) is 11.5 Å². The van der Waals surface area contributed by atoms with E-state index < -0.39 is 5.97 Å². The van der Waals surface area contributed by atoms with Crippen molar-refractivity contribution in [2.45, 2.75) is 19.9 Å². The summed E-state index contributed by atoms with van der Waals surface area (Å²) in [7, 11) is 0. The molecule has 142 valence electrons. The Bertz CT molecular complexity index is 1180. The summed E-state index contributed by atoms with van der Waals surface area (Å²) in [5.41, 5.74) is 1.40. The number of hydrogen-bond acceptors (Lipinski definition) is 8. The minimum atomic E-state index is -1.09. The minimum absolute atomic E-state index is 0.0141. The molecule has 0 aliphatic carbocycles. The maximum absolute atomic E-state index is 11.5. The van der Waals surface area contributed by atoms with Gasteiger partial charge in [-0.1, -0.05) is 0 Å². The van der Waals surface area contributed by atoms with E-state index in [9.17, 15) is 15.0 Å². The zero-order chi connectivity index (χ0) is 19.8. The highest BCUT2D eigenvalue weighted by molar-refractivity contribution is 5.99. The Labute approximate surface area is 158 Å². The third-order valence-corrected chi connectivity index (χ3v) is 4.01. The molecule has 4 rings (SSSR count). The van der Waals surface area contributed by atoms with Crippen LogP contribution in [0.3, 0.4) is 0 Å². The maximum Gasteiger partial charge on any atom is 0.338 e. The van der Waals surface area contributed by atoms with E-state index in [1.54, 1.807) is 6.07 Å². The highest BCUT2D eigenvalue weighted by Crippen LogP contribution is 2.29. The van der Waals surface area contributed by atoms with E-state index in [1.807, 2.05) is 13.8 Å². The van der Waals surface area contributed by atoms with Gasteiger partial charge in [-0.2, -0.15) is 9.90 Å². The summed E-state index contributed by atoms with van der Waals surface area (Å²) >= 11 is 0. The predicted octanol–water partition coefficient (Wildman–Crippen LogP) is 2.11. The van der Waals surface area contributed by atoms with E-state index in [0.717, 1.165) is 0 Å². The Balaban J connectivity index is 1.75. The molecule has 0 aliphatic rings. The Morgan fingerprint density at radius 3 is 2.79 bits per heavy atom. The van der Waals surface area contributed by atoms with Gasteiger partial charge < -0.3 is 15.5 Å². The zero-order valence-corrected chi connectivity index (χ0v) is 15.0. The van der Waals surface area contributed by atoms with Crippen molar-refractivity contribution in [2.75, 3.05) is 5.32 Å². The number of rotatable bonds is 5. The molecule has 0 saturated carbocycles. The summed E-state index contributed by atoms with van der Waals surface area (Å²) in [6.07, 6.45) is 2.84. The van der Waals surface area contributed by atoms with Crippen molar-refractivity contribution >= 4 is 23.0 Å². The molecule has 28 heavy (non-hydrogen) atoms. The van der Waals surface area contributed by atoms with Crippen LogP contribution >= 0.6 is 0 Å². The van der Waals surface area contributed by atoms with Gasteiger partial charge in [-0.3, -0.25) is 0 Å². The molecule has 0 spiro atoms. The number of aromatic nitrogens is 7. The number of aromatic carboxylic acids is 1. The predicted molar refractivity (Wildman–Crippen MR) is 98.5 cm³/mol. The third kappa shape index (κ3) is 3.09. The van der Waals surface area contributed by atoms with Gasteiger partial charge in [-0.25, -0.2) is 14.3 Å². The molecule has 11 heteroatoms. The average Bonchev–Trinajstić information content (AvgIpc) is 3.29. The number of anilines is 2. The second kappa shape index (κ2) is 6.61. The van der Waals surface area contributed by atoms with Gasteiger partial charge in [0.15, 0.2) is 5.82 Å². The average molecular weight is 380 g/mol. The fourth-order valence-corrected chi connectivity index (χ4v) is 2.73. The van der Waals surface area contributed by atoms with Crippen LogP contribution in [0.5, 0.6) is 5.75 Å². The molecule has 0 saturated heterocycles. The van der Waals surface area contributed by atoms with Crippen molar-refractivity contribution in [2.24, 2.45) is 0 Å². The quantitative estimate of drug-likeness (QED) is 0.474. The molecule has 3 heterocycles. The zero-order valence-electron chi connectivity index (χ0n) is 15.0. The molecular weight excluding hydrogens is 364 g/mol. The first-order chi connectivity index (χ1) is 13.4. The number of fused-ring (bicyclic) bond motifs is 1. The van der Waals surface area contributed by atoms with Crippen molar-refractivity contribution in [1.82, 2.24) is 34.8 Å². The summed E-state index contributed by atoms with van der Waals surface area (Å²) < 4.78 is 1.41. The second-order valence-corrected chi connectivity index (χ2v) is 6.36. The fourth-order valence-electron chi connectivity index (χ4n) is 2.73. The second-order valence-electron chi connectivity index (χ2n) is 6.36. The fraction of sp³-hybridized carbons (Fsp3) is 0.176. The molecule has 0 bridgehead atoms. The van der Waals surface area contributed by atoms with Crippen LogP contribution in [0.25, 0.3) is 16.9 Å². The lowest BCUT2D eigenvalue weighted by molar-refractivity contribution is 0.0699. The van der Waals surface area contributed by atoms with Gasteiger partial charge in [-0.05, 0) is 37.3 Å². The van der Waals surface area contributed by atoms with E-state index in [1.165, 1.54) is 40.0 Å². The summed E-state index contributed by atoms with van der Waals surface area (Å²) in [6.45, 7) is 3.86. The standard InChI is InChI=1S/C17H16N8O3/c1-9(2)25-22-15(21-23-25)10-5-11(7-12(26)6-10)20-16-14-13(17(27)28)3-4-24(14)19-8-18-16/h3-9,26H,1-2H3,(H,27,28)(H,18,19,20). The molecule has 11 nitrogen and oxygen atoms in total. The first-order valence-electron chi connectivity index (χ1n) is 8.39. The molecule has 0 unspecified atom stereocenters. The Morgan fingerprint density at radius 2 is 2.07 bits per heavy atom. The number of tetrazole rings is 1. The molecule has 4 aromatic rings.